The van der Waals surface area contributed by atoms with Crippen molar-refractivity contribution in [3.63, 3.8) is 0 Å². The van der Waals surface area contributed by atoms with Crippen LogP contribution >= 0.6 is 0 Å². The summed E-state index contributed by atoms with van der Waals surface area (Å²) in [5, 5.41) is 9.72. The molecule has 2 rings (SSSR count). The van der Waals surface area contributed by atoms with Gasteiger partial charge in [-0.25, -0.2) is 0 Å². The molecule has 1 fully saturated rings. The fourth-order valence-corrected chi connectivity index (χ4v) is 1.25. The second-order valence-electron chi connectivity index (χ2n) is 3.48. The zero-order chi connectivity index (χ0) is 10.7. The molecule has 1 aromatic rings. The molecule has 0 spiro atoms. The van der Waals surface area contributed by atoms with Gasteiger partial charge in [0.25, 0.3) is 5.91 Å². The maximum Gasteiger partial charge on any atom is 0.251 e. The van der Waals surface area contributed by atoms with Crippen LogP contribution in [0.4, 0.5) is 5.82 Å². The van der Waals surface area contributed by atoms with Gasteiger partial charge in [-0.15, -0.1) is 0 Å². The lowest BCUT2D eigenvalue weighted by Gasteiger charge is -2.26. The Morgan fingerprint density at radius 3 is 3.13 bits per heavy atom. The molecule has 0 atom stereocenters. The number of nitrogens with one attached hydrogen (secondary N) is 2. The van der Waals surface area contributed by atoms with Gasteiger partial charge in [-0.05, 0) is 0 Å². The van der Waals surface area contributed by atoms with E-state index in [4.69, 9.17) is 4.74 Å². The van der Waals surface area contributed by atoms with Crippen molar-refractivity contribution in [1.29, 1.82) is 0 Å². The van der Waals surface area contributed by atoms with Crippen LogP contribution < -0.4 is 10.6 Å². The Bertz CT molecular complexity index is 346. The highest BCUT2D eigenvalue weighted by Crippen LogP contribution is 2.03. The van der Waals surface area contributed by atoms with Crippen molar-refractivity contribution in [2.75, 3.05) is 25.0 Å². The first-order chi connectivity index (χ1) is 7.25. The Balaban J connectivity index is 1.74. The summed E-state index contributed by atoms with van der Waals surface area (Å²) >= 11 is 0. The number of aryl methyl sites for hydroxylation is 1. The van der Waals surface area contributed by atoms with Gasteiger partial charge in [-0.3, -0.25) is 9.48 Å². The molecule has 6 nitrogen and oxygen atoms in total. The minimum Gasteiger partial charge on any atom is -0.366 e. The summed E-state index contributed by atoms with van der Waals surface area (Å²) in [5.74, 6) is 0.529. The van der Waals surface area contributed by atoms with Crippen molar-refractivity contribution in [2.45, 2.75) is 6.10 Å². The fourth-order valence-electron chi connectivity index (χ4n) is 1.25. The second kappa shape index (κ2) is 4.41. The lowest BCUT2D eigenvalue weighted by Crippen LogP contribution is -2.49. The molecule has 1 aliphatic rings. The standard InChI is InChI=1S/C9H14N4O2/c1-13-8(2-3-11-13)12-9(14)6-15-7-4-10-5-7/h2-3,7,10H,4-6H2,1H3,(H,12,14). The highest BCUT2D eigenvalue weighted by Gasteiger charge is 2.18. The van der Waals surface area contributed by atoms with E-state index in [0.29, 0.717) is 5.82 Å². The first-order valence-electron chi connectivity index (χ1n) is 4.86. The molecule has 0 aliphatic carbocycles. The van der Waals surface area contributed by atoms with Crippen molar-refractivity contribution in [3.8, 4) is 0 Å². The second-order valence-corrected chi connectivity index (χ2v) is 3.48. The molecule has 15 heavy (non-hydrogen) atoms. The van der Waals surface area contributed by atoms with Crippen LogP contribution in [-0.4, -0.2) is 41.5 Å². The van der Waals surface area contributed by atoms with Crippen LogP contribution in [0.3, 0.4) is 0 Å². The summed E-state index contributed by atoms with van der Waals surface area (Å²) < 4.78 is 6.92. The molecule has 0 saturated carbocycles. The molecule has 2 N–H and O–H groups in total. The topological polar surface area (TPSA) is 68.2 Å². The molecule has 0 unspecified atom stereocenters. The molecule has 1 aromatic heterocycles. The zero-order valence-electron chi connectivity index (χ0n) is 8.56. The third-order valence-corrected chi connectivity index (χ3v) is 2.28. The number of anilines is 1. The smallest absolute Gasteiger partial charge is 0.251 e. The van der Waals surface area contributed by atoms with Gasteiger partial charge in [-0.1, -0.05) is 0 Å². The van der Waals surface area contributed by atoms with Gasteiger partial charge >= 0.3 is 0 Å². The number of ether oxygens (including phenoxy) is 1. The van der Waals surface area contributed by atoms with E-state index in [2.05, 4.69) is 15.7 Å². The Hall–Kier alpha value is -1.40. The van der Waals surface area contributed by atoms with E-state index < -0.39 is 0 Å². The van der Waals surface area contributed by atoms with Crippen molar-refractivity contribution in [2.24, 2.45) is 7.05 Å². The fraction of sp³-hybridized carbons (Fsp3) is 0.556. The lowest BCUT2D eigenvalue weighted by molar-refractivity contribution is -0.123. The Morgan fingerprint density at radius 1 is 1.80 bits per heavy atom. The van der Waals surface area contributed by atoms with Crippen molar-refractivity contribution in [1.82, 2.24) is 15.1 Å². The summed E-state index contributed by atoms with van der Waals surface area (Å²) in [6.45, 7) is 1.76. The highest BCUT2D eigenvalue weighted by atomic mass is 16.5. The molecule has 6 heteroatoms. The summed E-state index contributed by atoms with van der Waals surface area (Å²) in [6, 6.07) is 1.74. The van der Waals surface area contributed by atoms with Crippen LogP contribution in [0.25, 0.3) is 0 Å². The number of rotatable bonds is 4. The summed E-state index contributed by atoms with van der Waals surface area (Å²) in [4.78, 5) is 11.4. The van der Waals surface area contributed by atoms with Gasteiger partial charge in [0.15, 0.2) is 0 Å². The Labute approximate surface area is 87.6 Å². The Kier molecular flexibility index (Phi) is 2.98. The van der Waals surface area contributed by atoms with E-state index in [1.54, 1.807) is 24.0 Å². The van der Waals surface area contributed by atoms with E-state index in [0.717, 1.165) is 13.1 Å². The summed E-state index contributed by atoms with van der Waals surface area (Å²) in [7, 11) is 1.77. The molecule has 1 saturated heterocycles. The quantitative estimate of drug-likeness (QED) is 0.692. The van der Waals surface area contributed by atoms with Gasteiger partial charge in [-0.2, -0.15) is 5.10 Å². The van der Waals surface area contributed by atoms with E-state index in [9.17, 15) is 4.79 Å². The van der Waals surface area contributed by atoms with E-state index in [1.165, 1.54) is 0 Å². The van der Waals surface area contributed by atoms with Gasteiger partial charge in [0, 0.05) is 26.2 Å². The van der Waals surface area contributed by atoms with E-state index >= 15 is 0 Å². The third-order valence-electron chi connectivity index (χ3n) is 2.28. The monoisotopic (exact) mass is 210 g/mol. The van der Waals surface area contributed by atoms with E-state index in [-0.39, 0.29) is 18.6 Å². The largest absolute Gasteiger partial charge is 0.366 e. The van der Waals surface area contributed by atoms with Gasteiger partial charge in [0.05, 0.1) is 12.3 Å². The summed E-state index contributed by atoms with van der Waals surface area (Å²) in [6.07, 6.45) is 1.81. The number of carbonyl (C=O) groups excluding carboxylic acids is 1. The van der Waals surface area contributed by atoms with Crippen molar-refractivity contribution < 1.29 is 9.53 Å². The van der Waals surface area contributed by atoms with Crippen LogP contribution in [0.15, 0.2) is 12.3 Å². The van der Waals surface area contributed by atoms with Crippen LogP contribution in [-0.2, 0) is 16.6 Å². The maximum absolute atomic E-state index is 11.4. The molecule has 2 heterocycles. The number of hydrogen-bond acceptors (Lipinski definition) is 4. The average molecular weight is 210 g/mol. The number of amides is 1. The number of hydrogen-bond donors (Lipinski definition) is 2. The molecular weight excluding hydrogens is 196 g/mol. The molecule has 0 radical (unpaired) electrons. The molecule has 0 bridgehead atoms. The van der Waals surface area contributed by atoms with Gasteiger partial charge < -0.3 is 15.4 Å². The third kappa shape index (κ3) is 2.54. The first-order valence-corrected chi connectivity index (χ1v) is 4.86. The van der Waals surface area contributed by atoms with Crippen LogP contribution in [0.1, 0.15) is 0 Å². The van der Waals surface area contributed by atoms with Gasteiger partial charge in [0.1, 0.15) is 12.4 Å². The lowest BCUT2D eigenvalue weighted by atomic mass is 10.2. The first kappa shape index (κ1) is 10.1. The maximum atomic E-state index is 11.4. The molecule has 82 valence electrons. The summed E-state index contributed by atoms with van der Waals surface area (Å²) in [5.41, 5.74) is 0. The Morgan fingerprint density at radius 2 is 2.60 bits per heavy atom. The molecule has 1 amide bonds. The number of nitrogens with zero attached hydrogens (tertiary/aromatic N) is 2. The van der Waals surface area contributed by atoms with Crippen LogP contribution in [0.2, 0.25) is 0 Å². The molecule has 1 aliphatic heterocycles. The zero-order valence-corrected chi connectivity index (χ0v) is 8.56. The minimum atomic E-state index is -0.148. The predicted octanol–water partition coefficient (Wildman–Crippen LogP) is -0.653. The van der Waals surface area contributed by atoms with Crippen LogP contribution in [0, 0.1) is 0 Å². The minimum absolute atomic E-state index is 0.0948. The molecular formula is C9H14N4O2. The number of aromatic nitrogens is 2. The highest BCUT2D eigenvalue weighted by molar-refractivity contribution is 5.90. The predicted molar refractivity (Wildman–Crippen MR) is 54.4 cm³/mol. The van der Waals surface area contributed by atoms with E-state index in [1.807, 2.05) is 0 Å². The normalized spacial score (nSPS) is 16.1. The number of carbonyl (C=O) groups is 1. The van der Waals surface area contributed by atoms with Crippen molar-refractivity contribution >= 4 is 11.7 Å². The molecule has 0 aromatic carbocycles. The van der Waals surface area contributed by atoms with Crippen LogP contribution in [0.5, 0.6) is 0 Å². The SMILES string of the molecule is Cn1nccc1NC(=O)COC1CNC1. The van der Waals surface area contributed by atoms with Crippen molar-refractivity contribution in [3.05, 3.63) is 12.3 Å². The van der Waals surface area contributed by atoms with Gasteiger partial charge in [0.2, 0.25) is 0 Å². The average Bonchev–Trinajstić information content (AvgIpc) is 2.49.